The van der Waals surface area contributed by atoms with E-state index in [1.54, 1.807) is 0 Å². The lowest BCUT2D eigenvalue weighted by Crippen LogP contribution is -1.96. The molecular weight excluding hydrogens is 112 g/mol. The fourth-order valence-corrected chi connectivity index (χ4v) is 0.767. The molecule has 0 aromatic rings. The van der Waals surface area contributed by atoms with Crippen molar-refractivity contribution in [2.45, 2.75) is 26.2 Å². The highest BCUT2D eigenvalue weighted by Gasteiger charge is 1.97. The SMILES string of the molecule is C=CCC[C@H](C)CCO. The van der Waals surface area contributed by atoms with E-state index >= 15 is 0 Å². The molecule has 0 amide bonds. The lowest BCUT2D eigenvalue weighted by atomic mass is 10.0. The zero-order valence-corrected chi connectivity index (χ0v) is 6.14. The van der Waals surface area contributed by atoms with Crippen molar-refractivity contribution in [2.75, 3.05) is 6.61 Å². The molecule has 0 rings (SSSR count). The Kier molecular flexibility index (Phi) is 5.64. The highest BCUT2D eigenvalue weighted by Crippen LogP contribution is 2.08. The van der Waals surface area contributed by atoms with E-state index in [1.807, 2.05) is 6.08 Å². The Morgan fingerprint density at radius 2 is 2.22 bits per heavy atom. The second-order valence-corrected chi connectivity index (χ2v) is 2.48. The third-order valence-corrected chi connectivity index (χ3v) is 1.49. The fourth-order valence-electron chi connectivity index (χ4n) is 0.767. The lowest BCUT2D eigenvalue weighted by molar-refractivity contribution is 0.259. The zero-order valence-electron chi connectivity index (χ0n) is 6.14. The zero-order chi connectivity index (χ0) is 7.11. The summed E-state index contributed by atoms with van der Waals surface area (Å²) in [5.74, 6) is 0.646. The second kappa shape index (κ2) is 5.83. The summed E-state index contributed by atoms with van der Waals surface area (Å²) in [6.45, 7) is 6.10. The minimum atomic E-state index is 0.318. The van der Waals surface area contributed by atoms with Crippen LogP contribution in [-0.2, 0) is 0 Å². The molecule has 0 bridgehead atoms. The van der Waals surface area contributed by atoms with Gasteiger partial charge < -0.3 is 5.11 Å². The quantitative estimate of drug-likeness (QED) is 0.561. The van der Waals surface area contributed by atoms with Crippen molar-refractivity contribution in [1.29, 1.82) is 0 Å². The molecule has 0 aliphatic carbocycles. The summed E-state index contributed by atoms with van der Waals surface area (Å²) in [5, 5.41) is 8.51. The molecule has 1 nitrogen and oxygen atoms in total. The molecule has 0 fully saturated rings. The molecule has 1 N–H and O–H groups in total. The van der Waals surface area contributed by atoms with Gasteiger partial charge in [-0.25, -0.2) is 0 Å². The summed E-state index contributed by atoms with van der Waals surface area (Å²) in [5.41, 5.74) is 0. The normalized spacial score (nSPS) is 13.1. The van der Waals surface area contributed by atoms with Gasteiger partial charge in [0.05, 0.1) is 0 Å². The highest BCUT2D eigenvalue weighted by molar-refractivity contribution is 4.67. The molecule has 0 heterocycles. The number of allylic oxidation sites excluding steroid dienone is 1. The first-order chi connectivity index (χ1) is 4.31. The van der Waals surface area contributed by atoms with Crippen LogP contribution in [0.3, 0.4) is 0 Å². The molecule has 0 saturated heterocycles. The molecule has 0 radical (unpaired) electrons. The third-order valence-electron chi connectivity index (χ3n) is 1.49. The van der Waals surface area contributed by atoms with Gasteiger partial charge in [0.15, 0.2) is 0 Å². The van der Waals surface area contributed by atoms with Gasteiger partial charge in [-0.1, -0.05) is 13.0 Å². The molecule has 0 spiro atoms. The van der Waals surface area contributed by atoms with Crippen LogP contribution in [-0.4, -0.2) is 11.7 Å². The maximum absolute atomic E-state index is 8.51. The third kappa shape index (κ3) is 5.57. The Balaban J connectivity index is 3.04. The van der Waals surface area contributed by atoms with Crippen molar-refractivity contribution >= 4 is 0 Å². The predicted molar refractivity (Wildman–Crippen MR) is 40.3 cm³/mol. The van der Waals surface area contributed by atoms with Gasteiger partial charge in [0.1, 0.15) is 0 Å². The summed E-state index contributed by atoms with van der Waals surface area (Å²) in [7, 11) is 0. The molecule has 0 aromatic carbocycles. The van der Waals surface area contributed by atoms with Crippen LogP contribution in [0, 0.1) is 5.92 Å². The maximum atomic E-state index is 8.51. The first-order valence-corrected chi connectivity index (χ1v) is 3.53. The summed E-state index contributed by atoms with van der Waals surface area (Å²) in [4.78, 5) is 0. The van der Waals surface area contributed by atoms with Crippen LogP contribution in [0.4, 0.5) is 0 Å². The number of rotatable bonds is 5. The van der Waals surface area contributed by atoms with Crippen molar-refractivity contribution in [2.24, 2.45) is 5.92 Å². The van der Waals surface area contributed by atoms with Gasteiger partial charge in [-0.3, -0.25) is 0 Å². The van der Waals surface area contributed by atoms with Gasteiger partial charge in [0.25, 0.3) is 0 Å². The van der Waals surface area contributed by atoms with Crippen molar-refractivity contribution in [3.05, 3.63) is 12.7 Å². The van der Waals surface area contributed by atoms with Crippen molar-refractivity contribution in [3.63, 3.8) is 0 Å². The van der Waals surface area contributed by atoms with E-state index in [1.165, 1.54) is 0 Å². The topological polar surface area (TPSA) is 20.2 Å². The molecule has 0 aromatic heterocycles. The van der Waals surface area contributed by atoms with Crippen molar-refractivity contribution in [1.82, 2.24) is 0 Å². The van der Waals surface area contributed by atoms with E-state index in [9.17, 15) is 0 Å². The standard InChI is InChI=1S/C8H16O/c1-3-4-5-8(2)6-7-9/h3,8-9H,1,4-7H2,2H3/t8-/m0/s1. The van der Waals surface area contributed by atoms with Gasteiger partial charge in [-0.15, -0.1) is 6.58 Å². The van der Waals surface area contributed by atoms with Gasteiger partial charge in [0, 0.05) is 6.61 Å². The lowest BCUT2D eigenvalue weighted by Gasteiger charge is -2.05. The van der Waals surface area contributed by atoms with Gasteiger partial charge in [-0.2, -0.15) is 0 Å². The van der Waals surface area contributed by atoms with Gasteiger partial charge >= 0.3 is 0 Å². The molecule has 1 atom stereocenters. The Bertz CT molecular complexity index is 69.0. The van der Waals surface area contributed by atoms with Crippen LogP contribution in [0.2, 0.25) is 0 Å². The predicted octanol–water partition coefficient (Wildman–Crippen LogP) is 1.97. The summed E-state index contributed by atoms with van der Waals surface area (Å²) in [6.07, 6.45) is 5.08. The average Bonchev–Trinajstić information content (AvgIpc) is 1.85. The van der Waals surface area contributed by atoms with Crippen LogP contribution >= 0.6 is 0 Å². The number of hydrogen-bond acceptors (Lipinski definition) is 1. The average molecular weight is 128 g/mol. The van der Waals surface area contributed by atoms with Crippen molar-refractivity contribution in [3.8, 4) is 0 Å². The van der Waals surface area contributed by atoms with E-state index in [4.69, 9.17) is 5.11 Å². The summed E-state index contributed by atoms with van der Waals surface area (Å²) in [6, 6.07) is 0. The van der Waals surface area contributed by atoms with Gasteiger partial charge in [0.2, 0.25) is 0 Å². The molecule has 0 unspecified atom stereocenters. The first-order valence-electron chi connectivity index (χ1n) is 3.53. The van der Waals surface area contributed by atoms with E-state index in [0.717, 1.165) is 19.3 Å². The van der Waals surface area contributed by atoms with Crippen LogP contribution in [0.15, 0.2) is 12.7 Å². The highest BCUT2D eigenvalue weighted by atomic mass is 16.2. The fraction of sp³-hybridized carbons (Fsp3) is 0.750. The smallest absolute Gasteiger partial charge is 0.0433 e. The molecule has 0 aliphatic heterocycles. The molecule has 0 aliphatic rings. The second-order valence-electron chi connectivity index (χ2n) is 2.48. The Hall–Kier alpha value is -0.300. The number of aliphatic hydroxyl groups is 1. The van der Waals surface area contributed by atoms with E-state index in [-0.39, 0.29) is 0 Å². The minimum Gasteiger partial charge on any atom is -0.396 e. The maximum Gasteiger partial charge on any atom is 0.0433 e. The monoisotopic (exact) mass is 128 g/mol. The molecular formula is C8H16O. The molecule has 0 saturated carbocycles. The Labute approximate surface area is 57.4 Å². The molecule has 1 heteroatoms. The number of aliphatic hydroxyl groups excluding tert-OH is 1. The van der Waals surface area contributed by atoms with Crippen LogP contribution in [0.5, 0.6) is 0 Å². The molecule has 54 valence electrons. The number of hydrogen-bond donors (Lipinski definition) is 1. The Morgan fingerprint density at radius 1 is 1.56 bits per heavy atom. The Morgan fingerprint density at radius 3 is 2.67 bits per heavy atom. The van der Waals surface area contributed by atoms with E-state index in [2.05, 4.69) is 13.5 Å². The largest absolute Gasteiger partial charge is 0.396 e. The minimum absolute atomic E-state index is 0.318. The molecule has 9 heavy (non-hydrogen) atoms. The van der Waals surface area contributed by atoms with Crippen LogP contribution < -0.4 is 0 Å². The first kappa shape index (κ1) is 8.70. The van der Waals surface area contributed by atoms with Crippen LogP contribution in [0.25, 0.3) is 0 Å². The van der Waals surface area contributed by atoms with Gasteiger partial charge in [-0.05, 0) is 25.2 Å². The summed E-state index contributed by atoms with van der Waals surface area (Å²) >= 11 is 0. The summed E-state index contributed by atoms with van der Waals surface area (Å²) < 4.78 is 0. The van der Waals surface area contributed by atoms with Crippen molar-refractivity contribution < 1.29 is 5.11 Å². The van der Waals surface area contributed by atoms with E-state index < -0.39 is 0 Å². The van der Waals surface area contributed by atoms with E-state index in [0.29, 0.717) is 12.5 Å². The van der Waals surface area contributed by atoms with Crippen LogP contribution in [0.1, 0.15) is 26.2 Å².